The molecule has 0 amide bonds. The van der Waals surface area contributed by atoms with Crippen LogP contribution < -0.4 is 14.8 Å². The smallest absolute Gasteiger partial charge is 0.316 e. The molecule has 16 heteroatoms. The lowest BCUT2D eigenvalue weighted by molar-refractivity contribution is -0.188. The van der Waals surface area contributed by atoms with Crippen molar-refractivity contribution in [3.63, 3.8) is 0 Å². The van der Waals surface area contributed by atoms with Gasteiger partial charge in [0, 0.05) is 56.5 Å². The first-order valence-corrected chi connectivity index (χ1v) is 36.8. The summed E-state index contributed by atoms with van der Waals surface area (Å²) in [5, 5.41) is 77.8. The number of hydrogen-bond donors (Lipinski definition) is 7. The second kappa shape index (κ2) is 26.0. The molecule has 0 unspecified atom stereocenters. The maximum absolute atomic E-state index is 17.2. The Morgan fingerprint density at radius 3 is 2.53 bits per heavy atom. The zero-order chi connectivity index (χ0) is 65.6. The molecular weight excluding hydrogens is 1230 g/mol. The summed E-state index contributed by atoms with van der Waals surface area (Å²) in [6, 6.07) is 34.3. The lowest BCUT2D eigenvalue weighted by Crippen LogP contribution is -2.66. The van der Waals surface area contributed by atoms with E-state index < -0.39 is 82.2 Å². The highest BCUT2D eigenvalue weighted by Gasteiger charge is 2.72. The van der Waals surface area contributed by atoms with Gasteiger partial charge in [-0.05, 0) is 233 Å². The minimum absolute atomic E-state index is 0.00500. The van der Waals surface area contributed by atoms with E-state index in [1.54, 1.807) is 32.4 Å². The summed E-state index contributed by atoms with van der Waals surface area (Å²) < 4.78 is 32.9. The Labute approximate surface area is 564 Å². The Morgan fingerprint density at radius 2 is 1.69 bits per heavy atom. The van der Waals surface area contributed by atoms with Gasteiger partial charge in [-0.15, -0.1) is 0 Å². The van der Waals surface area contributed by atoms with E-state index in [0.717, 1.165) is 80.1 Å². The number of esters is 2. The normalized spacial score (nSPS) is 33.1. The van der Waals surface area contributed by atoms with Crippen LogP contribution in [0.25, 0.3) is 28.0 Å². The fourth-order valence-electron chi connectivity index (χ4n) is 20.2. The molecule has 2 aliphatic heterocycles. The fourth-order valence-corrected chi connectivity index (χ4v) is 22.5. The number of ether oxygens (including phenoxy) is 5. The van der Waals surface area contributed by atoms with Crippen LogP contribution in [0.4, 0.5) is 0 Å². The monoisotopic (exact) mass is 1320 g/mol. The van der Waals surface area contributed by atoms with Gasteiger partial charge in [0.25, 0.3) is 0 Å². The van der Waals surface area contributed by atoms with E-state index in [-0.39, 0.29) is 78.0 Å². The summed E-state index contributed by atoms with van der Waals surface area (Å²) in [5.41, 5.74) is 7.66. The van der Waals surface area contributed by atoms with Gasteiger partial charge in [0.2, 0.25) is 0 Å². The summed E-state index contributed by atoms with van der Waals surface area (Å²) in [7, 11) is 6.07. The largest absolute Gasteiger partial charge is 0.508 e. The third-order valence-electron chi connectivity index (χ3n) is 23.7. The molecule has 0 aromatic heterocycles. The second-order valence-electron chi connectivity index (χ2n) is 29.3. The van der Waals surface area contributed by atoms with Crippen molar-refractivity contribution in [2.75, 3.05) is 39.7 Å². The third kappa shape index (κ3) is 11.6. The number of phenolic OH excluding ortho intramolecular Hbond substituents is 3. The third-order valence-corrected chi connectivity index (χ3v) is 26.3. The van der Waals surface area contributed by atoms with Gasteiger partial charge in [-0.25, -0.2) is 0 Å². The highest BCUT2D eigenvalue weighted by atomic mass is 33.1. The van der Waals surface area contributed by atoms with Crippen molar-refractivity contribution >= 4 is 50.4 Å². The summed E-state index contributed by atoms with van der Waals surface area (Å²) in [6.45, 7) is 4.74. The summed E-state index contributed by atoms with van der Waals surface area (Å²) in [6.07, 6.45) is 5.60. The number of carbonyl (C=O) groups is 2. The molecule has 4 fully saturated rings. The number of fused-ring (bicyclic) bond motifs is 11. The zero-order valence-electron chi connectivity index (χ0n) is 54.5. The number of nitrogens with one attached hydrogen (secondary N) is 1. The van der Waals surface area contributed by atoms with Gasteiger partial charge in [0.05, 0.1) is 37.3 Å². The van der Waals surface area contributed by atoms with Crippen molar-refractivity contribution in [2.45, 2.75) is 145 Å². The molecule has 2 heterocycles. The minimum Gasteiger partial charge on any atom is -0.508 e. The standard InChI is InChI=1S/C79H87NO13S2/c1-42(81)9-7-13-51-23-64-74-62-33-69(85)71(90-4)28-54(62)26-67-70(92-43(2)82)32-57-31-63-60-34-72(68(84)27-53(60)24-65(76(64)87)75(63)79(67,74)66-25-49-12-6-5-11-48(49)22-61(51)66)91-40-73(86)95-94-41-47-19-44-15-16-46(39-89-3)38-80-37-45-10-8-14-50(20-45)59-30-56(83)21-52-17-18-55(29-58(52)59)78(35-44,36-47)77(88)93-57/h5-6,8,10-12,14,17-18,20-21,25,27-30,33-34,42,44,46-47,51,57,61,63-65,67,70,73-76,80-81,83-87H,7,9,13,19,22-24,26,31-32,35-41H2,1-4H3/t42-,44-,46-,47+,51+,57-,61+,63+,64-,65-,67+,70+,73-,74-,75+,76+,78-,79-/m0/s1. The van der Waals surface area contributed by atoms with Gasteiger partial charge in [0.15, 0.2) is 23.0 Å². The van der Waals surface area contributed by atoms with Gasteiger partial charge in [0.1, 0.15) is 30.0 Å². The minimum atomic E-state index is -1.30. The Morgan fingerprint density at radius 1 is 0.842 bits per heavy atom. The lowest BCUT2D eigenvalue weighted by Gasteiger charge is -2.68. The molecule has 7 aliphatic carbocycles. The number of phenols is 3. The summed E-state index contributed by atoms with van der Waals surface area (Å²) in [5.74, 6) is 4.60. The molecule has 2 spiro atoms. The average molecular weight is 1320 g/mol. The van der Waals surface area contributed by atoms with Gasteiger partial charge in [-0.2, -0.15) is 0 Å². The topological polar surface area (TPSA) is 214 Å². The molecule has 15 rings (SSSR count). The molecule has 18 atom stereocenters. The first kappa shape index (κ1) is 64.3. The first-order chi connectivity index (χ1) is 46.0. The number of allylic oxidation sites excluding steroid dienone is 1. The summed E-state index contributed by atoms with van der Waals surface area (Å²) in [4.78, 5) is 31.6. The van der Waals surface area contributed by atoms with E-state index in [9.17, 15) is 35.4 Å². The van der Waals surface area contributed by atoms with Gasteiger partial charge < -0.3 is 59.6 Å². The number of carbonyl (C=O) groups excluding carboxylic acids is 2. The Kier molecular flexibility index (Phi) is 17.6. The molecule has 13 bridgehead atoms. The van der Waals surface area contributed by atoms with Crippen molar-refractivity contribution in [1.29, 1.82) is 0 Å². The van der Waals surface area contributed by atoms with Crippen LogP contribution in [-0.2, 0) is 55.0 Å². The molecule has 6 aromatic rings. The molecular formula is C79H87NO13S2. The van der Waals surface area contributed by atoms with Crippen LogP contribution >= 0.6 is 21.6 Å². The fraction of sp³-hybridized carbons (Fsp3) is 0.494. The van der Waals surface area contributed by atoms with Crippen molar-refractivity contribution in [1.82, 2.24) is 5.32 Å². The van der Waals surface area contributed by atoms with Crippen molar-refractivity contribution in [2.24, 2.45) is 58.7 Å². The number of methoxy groups -OCH3 is 2. The van der Waals surface area contributed by atoms with Crippen LogP contribution in [0.2, 0.25) is 0 Å². The van der Waals surface area contributed by atoms with E-state index in [0.29, 0.717) is 76.1 Å². The van der Waals surface area contributed by atoms with Crippen LogP contribution in [0, 0.1) is 70.5 Å². The number of hydrogen-bond acceptors (Lipinski definition) is 16. The maximum atomic E-state index is 17.2. The van der Waals surface area contributed by atoms with E-state index in [1.807, 2.05) is 43.3 Å². The molecule has 95 heavy (non-hydrogen) atoms. The van der Waals surface area contributed by atoms with Crippen LogP contribution in [-0.4, -0.2) is 112 Å². The van der Waals surface area contributed by atoms with Crippen LogP contribution in [0.1, 0.15) is 128 Å². The maximum Gasteiger partial charge on any atom is 0.316 e. The highest BCUT2D eigenvalue weighted by molar-refractivity contribution is 8.76. The van der Waals surface area contributed by atoms with Crippen LogP contribution in [0.3, 0.4) is 0 Å². The predicted octanol–water partition coefficient (Wildman–Crippen LogP) is 12.7. The highest BCUT2D eigenvalue weighted by Crippen LogP contribution is 2.76. The van der Waals surface area contributed by atoms with E-state index in [4.69, 9.17) is 23.7 Å². The van der Waals surface area contributed by atoms with Gasteiger partial charge >= 0.3 is 11.9 Å². The zero-order valence-corrected chi connectivity index (χ0v) is 56.1. The first-order valence-electron chi connectivity index (χ1n) is 34.5. The van der Waals surface area contributed by atoms with Gasteiger partial charge in [-0.3, -0.25) is 9.59 Å². The van der Waals surface area contributed by atoms with E-state index in [1.165, 1.54) is 39.6 Å². The predicted molar refractivity (Wildman–Crippen MR) is 368 cm³/mol. The molecule has 6 aromatic carbocycles. The van der Waals surface area contributed by atoms with Crippen molar-refractivity contribution in [3.05, 3.63) is 153 Å². The molecule has 4 saturated carbocycles. The number of aliphatic hydroxyl groups excluding tert-OH is 3. The van der Waals surface area contributed by atoms with E-state index >= 15 is 4.79 Å². The van der Waals surface area contributed by atoms with Gasteiger partial charge in [-0.1, -0.05) is 106 Å². The molecule has 498 valence electrons. The van der Waals surface area contributed by atoms with Crippen molar-refractivity contribution in [3.8, 4) is 51.7 Å². The Bertz CT molecular complexity index is 4060. The molecule has 9 aliphatic rings. The quantitative estimate of drug-likeness (QED) is 0.0429. The molecule has 0 saturated heterocycles. The number of aromatic hydroxyl groups is 3. The van der Waals surface area contributed by atoms with Crippen molar-refractivity contribution < 1.29 is 63.9 Å². The molecule has 14 nitrogen and oxygen atoms in total. The number of benzene rings is 6. The Hall–Kier alpha value is -6.68. The molecule has 0 radical (unpaired) electrons. The number of aliphatic hydroxyl groups is 3. The van der Waals surface area contributed by atoms with E-state index in [2.05, 4.69) is 71.8 Å². The second-order valence-corrected chi connectivity index (χ2v) is 31.9. The summed E-state index contributed by atoms with van der Waals surface area (Å²) >= 11 is 0. The number of rotatable bonds is 8. The SMILES string of the molecule is COC[C@H]1C#C[C@H]2C[C@H]3CSS[C@H](O)COc4cc5c(cc4O)C[C@@H]4[C@H](O)[C@H]6C[C@@H](CCC[C@H](C)O)[C@H]7Cc8ccccc8C=C7[C@]78[C@@H]4[C@@H]5C[C@@H](C[C@@H](OC(C)=O)[C@H]7Cc4cc(OC)c(O)cc4[C@@H]68)OC(=O)[C@@](C2)(C3)c2ccc3cc(O)cc(c3c2)-c2cccc(c2)CNC1. The lowest BCUT2D eigenvalue weighted by atomic mass is 9.36. The average Bonchev–Trinajstić information content (AvgIpc) is 1.65. The molecule has 7 N–H and O–H groups in total. The van der Waals surface area contributed by atoms with Crippen LogP contribution in [0.5, 0.6) is 28.7 Å². The Balaban J connectivity index is 0.972. The van der Waals surface area contributed by atoms with Crippen LogP contribution in [0.15, 0.2) is 109 Å².